The van der Waals surface area contributed by atoms with Crippen LogP contribution in [0.3, 0.4) is 0 Å². The number of methoxy groups -OCH3 is 1. The predicted molar refractivity (Wildman–Crippen MR) is 88.5 cm³/mol. The summed E-state index contributed by atoms with van der Waals surface area (Å²) in [6.07, 6.45) is 1.77. The van der Waals surface area contributed by atoms with E-state index in [0.29, 0.717) is 5.95 Å². The highest BCUT2D eigenvalue weighted by atomic mass is 16.5. The van der Waals surface area contributed by atoms with Crippen LogP contribution < -0.4 is 9.64 Å². The fourth-order valence-corrected chi connectivity index (χ4v) is 2.22. The van der Waals surface area contributed by atoms with E-state index in [9.17, 15) is 0 Å². The topological polar surface area (TPSA) is 38.2 Å². The molecule has 0 fully saturated rings. The molecule has 0 aliphatic rings. The van der Waals surface area contributed by atoms with E-state index < -0.39 is 0 Å². The molecule has 0 atom stereocenters. The minimum absolute atomic E-state index is 0.659. The monoisotopic (exact) mass is 291 g/mol. The van der Waals surface area contributed by atoms with Crippen molar-refractivity contribution >= 4 is 11.6 Å². The normalized spacial score (nSPS) is 10.3. The van der Waals surface area contributed by atoms with Gasteiger partial charge in [-0.05, 0) is 30.3 Å². The second kappa shape index (κ2) is 6.26. The van der Waals surface area contributed by atoms with Crippen molar-refractivity contribution in [2.75, 3.05) is 19.1 Å². The molecular weight excluding hydrogens is 274 g/mol. The highest BCUT2D eigenvalue weighted by molar-refractivity contribution is 5.64. The largest absolute Gasteiger partial charge is 0.497 e. The zero-order valence-electron chi connectivity index (χ0n) is 12.6. The van der Waals surface area contributed by atoms with Gasteiger partial charge in [0.2, 0.25) is 5.95 Å². The van der Waals surface area contributed by atoms with Gasteiger partial charge >= 0.3 is 0 Å². The molecule has 4 heteroatoms. The maximum absolute atomic E-state index is 5.27. The molecule has 3 rings (SSSR count). The van der Waals surface area contributed by atoms with Crippen molar-refractivity contribution < 1.29 is 4.74 Å². The molecule has 1 aromatic heterocycles. The summed E-state index contributed by atoms with van der Waals surface area (Å²) in [7, 11) is 3.62. The number of rotatable bonds is 4. The van der Waals surface area contributed by atoms with Gasteiger partial charge in [0.25, 0.3) is 0 Å². The third kappa shape index (κ3) is 2.91. The SMILES string of the molecule is COc1cccc(-c2ccnc(N(C)c3ccccc3)n2)c1. The van der Waals surface area contributed by atoms with Gasteiger partial charge in [0.05, 0.1) is 12.8 Å². The lowest BCUT2D eigenvalue weighted by molar-refractivity contribution is 0.415. The Morgan fingerprint density at radius 1 is 0.955 bits per heavy atom. The number of hydrogen-bond donors (Lipinski definition) is 0. The number of benzene rings is 2. The van der Waals surface area contributed by atoms with Gasteiger partial charge in [0.1, 0.15) is 5.75 Å². The molecule has 0 amide bonds. The highest BCUT2D eigenvalue weighted by Gasteiger charge is 2.08. The first kappa shape index (κ1) is 14.1. The minimum atomic E-state index is 0.659. The molecular formula is C18H17N3O. The second-order valence-electron chi connectivity index (χ2n) is 4.87. The molecule has 0 aliphatic heterocycles. The molecule has 0 saturated carbocycles. The molecule has 110 valence electrons. The Bertz CT molecular complexity index is 759. The molecule has 3 aromatic rings. The fourth-order valence-electron chi connectivity index (χ4n) is 2.22. The van der Waals surface area contributed by atoms with Crippen LogP contribution in [0.2, 0.25) is 0 Å². The number of ether oxygens (including phenoxy) is 1. The van der Waals surface area contributed by atoms with E-state index in [4.69, 9.17) is 4.74 Å². The zero-order chi connectivity index (χ0) is 15.4. The molecule has 0 N–H and O–H groups in total. The van der Waals surface area contributed by atoms with Gasteiger partial charge in [-0.15, -0.1) is 0 Å². The Labute approximate surface area is 130 Å². The number of aromatic nitrogens is 2. The van der Waals surface area contributed by atoms with E-state index >= 15 is 0 Å². The van der Waals surface area contributed by atoms with Gasteiger partial charge < -0.3 is 9.64 Å². The zero-order valence-corrected chi connectivity index (χ0v) is 12.6. The first-order chi connectivity index (χ1) is 10.8. The summed E-state index contributed by atoms with van der Waals surface area (Å²) in [6, 6.07) is 19.8. The van der Waals surface area contributed by atoms with Crippen molar-refractivity contribution in [3.8, 4) is 17.0 Å². The molecule has 2 aromatic carbocycles. The average molecular weight is 291 g/mol. The van der Waals surface area contributed by atoms with Gasteiger partial charge in [0, 0.05) is 24.5 Å². The quantitative estimate of drug-likeness (QED) is 0.730. The van der Waals surface area contributed by atoms with E-state index in [1.165, 1.54) is 0 Å². The van der Waals surface area contributed by atoms with Crippen LogP contribution in [-0.4, -0.2) is 24.1 Å². The van der Waals surface area contributed by atoms with Gasteiger partial charge in [-0.3, -0.25) is 0 Å². The maximum atomic E-state index is 5.27. The van der Waals surface area contributed by atoms with Crippen LogP contribution >= 0.6 is 0 Å². The lowest BCUT2D eigenvalue weighted by Crippen LogP contribution is -2.13. The Morgan fingerprint density at radius 3 is 2.55 bits per heavy atom. The predicted octanol–water partition coefficient (Wildman–Crippen LogP) is 3.92. The van der Waals surface area contributed by atoms with Crippen LogP contribution in [0.1, 0.15) is 0 Å². The summed E-state index contributed by atoms with van der Waals surface area (Å²) in [5.74, 6) is 1.47. The summed E-state index contributed by atoms with van der Waals surface area (Å²) in [4.78, 5) is 11.0. The van der Waals surface area contributed by atoms with E-state index in [1.54, 1.807) is 13.3 Å². The van der Waals surface area contributed by atoms with Crippen molar-refractivity contribution in [2.24, 2.45) is 0 Å². The van der Waals surface area contributed by atoms with Crippen molar-refractivity contribution in [1.29, 1.82) is 0 Å². The minimum Gasteiger partial charge on any atom is -0.497 e. The summed E-state index contributed by atoms with van der Waals surface area (Å²) < 4.78 is 5.27. The lowest BCUT2D eigenvalue weighted by Gasteiger charge is -2.17. The van der Waals surface area contributed by atoms with E-state index in [1.807, 2.05) is 72.6 Å². The van der Waals surface area contributed by atoms with Crippen molar-refractivity contribution in [3.05, 3.63) is 66.9 Å². The molecule has 0 bridgehead atoms. The van der Waals surface area contributed by atoms with Gasteiger partial charge in [-0.2, -0.15) is 0 Å². The van der Waals surface area contributed by atoms with Crippen molar-refractivity contribution in [1.82, 2.24) is 9.97 Å². The summed E-state index contributed by atoms with van der Waals surface area (Å²) in [6.45, 7) is 0. The average Bonchev–Trinajstić information content (AvgIpc) is 2.62. The molecule has 0 aliphatic carbocycles. The third-order valence-electron chi connectivity index (χ3n) is 3.45. The number of nitrogens with zero attached hydrogens (tertiary/aromatic N) is 3. The van der Waals surface area contributed by atoms with Gasteiger partial charge in [-0.1, -0.05) is 30.3 Å². The molecule has 1 heterocycles. The standard InChI is InChI=1S/C18H17N3O/c1-21(15-8-4-3-5-9-15)18-19-12-11-17(20-18)14-7-6-10-16(13-14)22-2/h3-13H,1-2H3. The van der Waals surface area contributed by atoms with Gasteiger partial charge in [-0.25, -0.2) is 9.97 Å². The highest BCUT2D eigenvalue weighted by Crippen LogP contribution is 2.25. The fraction of sp³-hybridized carbons (Fsp3) is 0.111. The van der Waals surface area contributed by atoms with Crippen LogP contribution in [0.15, 0.2) is 66.9 Å². The van der Waals surface area contributed by atoms with Crippen LogP contribution in [-0.2, 0) is 0 Å². The summed E-state index contributed by atoms with van der Waals surface area (Å²) in [5, 5.41) is 0. The van der Waals surface area contributed by atoms with Gasteiger partial charge in [0.15, 0.2) is 0 Å². The van der Waals surface area contributed by atoms with Crippen molar-refractivity contribution in [2.45, 2.75) is 0 Å². The molecule has 0 radical (unpaired) electrons. The molecule has 0 unspecified atom stereocenters. The van der Waals surface area contributed by atoms with Crippen LogP contribution in [0.25, 0.3) is 11.3 Å². The second-order valence-corrected chi connectivity index (χ2v) is 4.87. The Morgan fingerprint density at radius 2 is 1.77 bits per heavy atom. The molecule has 0 saturated heterocycles. The van der Waals surface area contributed by atoms with E-state index in [0.717, 1.165) is 22.7 Å². The third-order valence-corrected chi connectivity index (χ3v) is 3.45. The van der Waals surface area contributed by atoms with Crippen LogP contribution in [0.4, 0.5) is 11.6 Å². The first-order valence-corrected chi connectivity index (χ1v) is 7.04. The maximum Gasteiger partial charge on any atom is 0.230 e. The Hall–Kier alpha value is -2.88. The van der Waals surface area contributed by atoms with E-state index in [2.05, 4.69) is 9.97 Å². The first-order valence-electron chi connectivity index (χ1n) is 7.04. The summed E-state index contributed by atoms with van der Waals surface area (Å²) in [5.41, 5.74) is 2.92. The Balaban J connectivity index is 1.95. The van der Waals surface area contributed by atoms with Crippen LogP contribution in [0.5, 0.6) is 5.75 Å². The smallest absolute Gasteiger partial charge is 0.230 e. The van der Waals surface area contributed by atoms with Crippen molar-refractivity contribution in [3.63, 3.8) is 0 Å². The molecule has 22 heavy (non-hydrogen) atoms. The molecule has 0 spiro atoms. The van der Waals surface area contributed by atoms with E-state index in [-0.39, 0.29) is 0 Å². The number of anilines is 2. The summed E-state index contributed by atoms with van der Waals surface area (Å²) >= 11 is 0. The Kier molecular flexibility index (Phi) is 4.01. The molecule has 4 nitrogen and oxygen atoms in total. The van der Waals surface area contributed by atoms with Crippen LogP contribution in [0, 0.1) is 0 Å². The number of hydrogen-bond acceptors (Lipinski definition) is 4. The number of para-hydroxylation sites is 1. The lowest BCUT2D eigenvalue weighted by atomic mass is 10.1.